The number of carbonyl (C=O) groups excluding carboxylic acids is 1. The minimum absolute atomic E-state index is 0.211. The molecule has 3 N–H and O–H groups in total. The molecular weight excluding hydrogens is 284 g/mol. The number of amides is 1. The summed E-state index contributed by atoms with van der Waals surface area (Å²) < 4.78 is 5.12. The van der Waals surface area contributed by atoms with Gasteiger partial charge in [0.05, 0.1) is 6.61 Å². The van der Waals surface area contributed by atoms with E-state index in [-0.39, 0.29) is 10.9 Å². The number of methoxy groups -OCH3 is 1. The topological polar surface area (TPSA) is 64.3 Å². The molecule has 2 rings (SSSR count). The zero-order valence-electron chi connectivity index (χ0n) is 11.6. The van der Waals surface area contributed by atoms with E-state index >= 15 is 0 Å². The zero-order valence-corrected chi connectivity index (χ0v) is 12.4. The number of nitrogens with two attached hydrogens (primary N) is 1. The van der Waals surface area contributed by atoms with Gasteiger partial charge in [-0.15, -0.1) is 0 Å². The molecule has 0 radical (unpaired) electrons. The molecule has 0 aromatic heterocycles. The number of ether oxygens (including phenoxy) is 1. The predicted molar refractivity (Wildman–Crippen MR) is 87.4 cm³/mol. The van der Waals surface area contributed by atoms with Crippen molar-refractivity contribution in [2.24, 2.45) is 5.73 Å². The van der Waals surface area contributed by atoms with Crippen LogP contribution in [0.15, 0.2) is 48.5 Å². The lowest BCUT2D eigenvalue weighted by Crippen LogP contribution is -2.15. The lowest BCUT2D eigenvalue weighted by atomic mass is 10.1. The molecular formula is C16H16N2O2S. The molecule has 0 fully saturated rings. The van der Waals surface area contributed by atoms with Gasteiger partial charge in [0.2, 0.25) is 0 Å². The van der Waals surface area contributed by atoms with Crippen molar-refractivity contribution in [3.8, 4) is 0 Å². The summed E-state index contributed by atoms with van der Waals surface area (Å²) >= 11 is 4.92. The van der Waals surface area contributed by atoms with Crippen molar-refractivity contribution in [1.29, 1.82) is 0 Å². The van der Waals surface area contributed by atoms with Crippen molar-refractivity contribution >= 4 is 28.8 Å². The summed E-state index contributed by atoms with van der Waals surface area (Å²) in [7, 11) is 1.62. The van der Waals surface area contributed by atoms with Gasteiger partial charge in [-0.3, -0.25) is 4.79 Å². The molecule has 0 unspecified atom stereocenters. The van der Waals surface area contributed by atoms with E-state index in [1.807, 2.05) is 24.3 Å². The Hall–Kier alpha value is -2.24. The molecule has 0 saturated heterocycles. The summed E-state index contributed by atoms with van der Waals surface area (Å²) in [6, 6.07) is 14.4. The molecule has 0 aliphatic carbocycles. The Bertz CT molecular complexity index is 671. The van der Waals surface area contributed by atoms with Gasteiger partial charge < -0.3 is 15.8 Å². The van der Waals surface area contributed by atoms with Crippen LogP contribution in [0.4, 0.5) is 5.69 Å². The van der Waals surface area contributed by atoms with Crippen LogP contribution in [0.25, 0.3) is 0 Å². The van der Waals surface area contributed by atoms with Crippen molar-refractivity contribution in [2.75, 3.05) is 12.4 Å². The summed E-state index contributed by atoms with van der Waals surface area (Å²) in [6.45, 7) is 0.434. The molecule has 5 heteroatoms. The number of carbonyl (C=O) groups is 1. The zero-order chi connectivity index (χ0) is 15.2. The number of nitrogens with one attached hydrogen (secondary N) is 1. The fraction of sp³-hybridized carbons (Fsp3) is 0.125. The van der Waals surface area contributed by atoms with E-state index < -0.39 is 0 Å². The molecule has 0 saturated carbocycles. The molecule has 2 aromatic carbocycles. The van der Waals surface area contributed by atoms with Crippen LogP contribution in [0.1, 0.15) is 21.5 Å². The van der Waals surface area contributed by atoms with E-state index in [0.29, 0.717) is 17.7 Å². The Kier molecular flexibility index (Phi) is 5.03. The van der Waals surface area contributed by atoms with Gasteiger partial charge in [-0.25, -0.2) is 0 Å². The first-order valence-electron chi connectivity index (χ1n) is 6.40. The second kappa shape index (κ2) is 6.97. The van der Waals surface area contributed by atoms with Gasteiger partial charge in [0, 0.05) is 29.5 Å². The molecule has 0 bridgehead atoms. The van der Waals surface area contributed by atoms with Crippen LogP contribution in [0.2, 0.25) is 0 Å². The van der Waals surface area contributed by atoms with Crippen molar-refractivity contribution in [3.05, 3.63) is 65.2 Å². The molecule has 0 spiro atoms. The molecule has 0 atom stereocenters. The van der Waals surface area contributed by atoms with Crippen molar-refractivity contribution in [3.63, 3.8) is 0 Å². The summed E-state index contributed by atoms with van der Waals surface area (Å²) in [6.07, 6.45) is 0. The van der Waals surface area contributed by atoms with E-state index in [2.05, 4.69) is 5.32 Å². The number of para-hydroxylation sites is 1. The van der Waals surface area contributed by atoms with Gasteiger partial charge in [-0.05, 0) is 18.2 Å². The van der Waals surface area contributed by atoms with Crippen LogP contribution < -0.4 is 11.1 Å². The molecule has 0 aliphatic heterocycles. The third kappa shape index (κ3) is 3.87. The van der Waals surface area contributed by atoms with E-state index in [0.717, 1.165) is 11.3 Å². The lowest BCUT2D eigenvalue weighted by Gasteiger charge is -2.11. The van der Waals surface area contributed by atoms with Gasteiger partial charge in [0.25, 0.3) is 5.91 Å². The highest BCUT2D eigenvalue weighted by molar-refractivity contribution is 7.80. The first kappa shape index (κ1) is 15.2. The maximum absolute atomic E-state index is 12.3. The summed E-state index contributed by atoms with van der Waals surface area (Å²) in [5.41, 5.74) is 8.40. The number of rotatable bonds is 5. The largest absolute Gasteiger partial charge is 0.389 e. The van der Waals surface area contributed by atoms with Crippen LogP contribution in [0.3, 0.4) is 0 Å². The Balaban J connectivity index is 2.22. The molecule has 108 valence electrons. The monoisotopic (exact) mass is 300 g/mol. The van der Waals surface area contributed by atoms with Crippen LogP contribution in [0.5, 0.6) is 0 Å². The Morgan fingerprint density at radius 1 is 1.19 bits per heavy atom. The highest BCUT2D eigenvalue weighted by Gasteiger charge is 2.10. The quantitative estimate of drug-likeness (QED) is 0.833. The number of thiocarbonyl (C=S) groups is 1. The van der Waals surface area contributed by atoms with Crippen LogP contribution in [0, 0.1) is 0 Å². The van der Waals surface area contributed by atoms with Crippen molar-refractivity contribution < 1.29 is 9.53 Å². The van der Waals surface area contributed by atoms with Gasteiger partial charge in [0.1, 0.15) is 4.99 Å². The summed E-state index contributed by atoms with van der Waals surface area (Å²) in [5.74, 6) is -0.211. The third-order valence-corrected chi connectivity index (χ3v) is 3.21. The fourth-order valence-electron chi connectivity index (χ4n) is 1.93. The van der Waals surface area contributed by atoms with Crippen LogP contribution >= 0.6 is 12.2 Å². The Labute approximate surface area is 128 Å². The van der Waals surface area contributed by atoms with Crippen LogP contribution in [-0.4, -0.2) is 18.0 Å². The SMILES string of the molecule is COCc1ccccc1NC(=O)c1cccc(C(N)=S)c1. The number of hydrogen-bond donors (Lipinski definition) is 2. The third-order valence-electron chi connectivity index (χ3n) is 2.97. The van der Waals surface area contributed by atoms with Crippen molar-refractivity contribution in [2.45, 2.75) is 6.61 Å². The average Bonchev–Trinajstić information content (AvgIpc) is 2.49. The number of benzene rings is 2. The molecule has 1 amide bonds. The number of hydrogen-bond acceptors (Lipinski definition) is 3. The molecule has 2 aromatic rings. The minimum Gasteiger partial charge on any atom is -0.389 e. The van der Waals surface area contributed by atoms with E-state index in [9.17, 15) is 4.79 Å². The van der Waals surface area contributed by atoms with E-state index in [1.165, 1.54) is 0 Å². The lowest BCUT2D eigenvalue weighted by molar-refractivity contribution is 0.102. The maximum atomic E-state index is 12.3. The first-order chi connectivity index (χ1) is 10.1. The molecule has 0 aliphatic rings. The van der Waals surface area contributed by atoms with Crippen molar-refractivity contribution in [1.82, 2.24) is 0 Å². The first-order valence-corrected chi connectivity index (χ1v) is 6.80. The highest BCUT2D eigenvalue weighted by Crippen LogP contribution is 2.17. The highest BCUT2D eigenvalue weighted by atomic mass is 32.1. The summed E-state index contributed by atoms with van der Waals surface area (Å²) in [5, 5.41) is 2.87. The summed E-state index contributed by atoms with van der Waals surface area (Å²) in [4.78, 5) is 12.6. The second-order valence-electron chi connectivity index (χ2n) is 4.49. The molecule has 0 heterocycles. The standard InChI is InChI=1S/C16H16N2O2S/c1-20-10-13-5-2-3-8-14(13)18-16(19)12-7-4-6-11(9-12)15(17)21/h2-9H,10H2,1H3,(H2,17,21)(H,18,19). The van der Waals surface area contributed by atoms with Crippen LogP contribution in [-0.2, 0) is 11.3 Å². The Morgan fingerprint density at radius 3 is 2.62 bits per heavy atom. The molecule has 21 heavy (non-hydrogen) atoms. The van der Waals surface area contributed by atoms with Gasteiger partial charge in [-0.1, -0.05) is 42.5 Å². The minimum atomic E-state index is -0.211. The second-order valence-corrected chi connectivity index (χ2v) is 4.93. The van der Waals surface area contributed by atoms with Gasteiger partial charge in [-0.2, -0.15) is 0 Å². The van der Waals surface area contributed by atoms with E-state index in [1.54, 1.807) is 31.4 Å². The molecule has 4 nitrogen and oxygen atoms in total. The van der Waals surface area contributed by atoms with Gasteiger partial charge >= 0.3 is 0 Å². The average molecular weight is 300 g/mol. The Morgan fingerprint density at radius 2 is 1.90 bits per heavy atom. The number of anilines is 1. The van der Waals surface area contributed by atoms with E-state index in [4.69, 9.17) is 22.7 Å². The smallest absolute Gasteiger partial charge is 0.255 e. The fourth-order valence-corrected chi connectivity index (χ4v) is 2.06. The predicted octanol–water partition coefficient (Wildman–Crippen LogP) is 2.72. The maximum Gasteiger partial charge on any atom is 0.255 e. The van der Waals surface area contributed by atoms with Gasteiger partial charge in [0.15, 0.2) is 0 Å². The normalized spacial score (nSPS) is 10.1.